The van der Waals surface area contributed by atoms with Crippen LogP contribution in [0.2, 0.25) is 5.02 Å². The lowest BCUT2D eigenvalue weighted by atomic mass is 9.88. The first kappa shape index (κ1) is 15.3. The summed E-state index contributed by atoms with van der Waals surface area (Å²) in [7, 11) is 0. The zero-order valence-corrected chi connectivity index (χ0v) is 11.9. The number of rotatable bonds is 4. The molecule has 2 aromatic rings. The standard InChI is InChI=1S/C17H13ClF2O/c1-2-14(21)10-15(11-4-3-5-13(19)8-11)12-6-7-16(18)17(20)9-12/h3-9,15,21H,1,10H2/t15-/m1/s1. The number of halogens is 3. The van der Waals surface area contributed by atoms with E-state index in [2.05, 4.69) is 12.3 Å². The van der Waals surface area contributed by atoms with Crippen molar-refractivity contribution in [3.63, 3.8) is 0 Å². The molecule has 2 aromatic carbocycles. The van der Waals surface area contributed by atoms with Gasteiger partial charge in [-0.1, -0.05) is 42.1 Å². The van der Waals surface area contributed by atoms with Gasteiger partial charge in [0, 0.05) is 12.3 Å². The summed E-state index contributed by atoms with van der Waals surface area (Å²) in [4.78, 5) is 0. The Morgan fingerprint density at radius 2 is 1.90 bits per heavy atom. The van der Waals surface area contributed by atoms with E-state index in [1.807, 2.05) is 0 Å². The monoisotopic (exact) mass is 306 g/mol. The molecule has 0 fully saturated rings. The first-order chi connectivity index (χ1) is 10.0. The fourth-order valence-electron chi connectivity index (χ4n) is 2.15. The number of hydrogen-bond acceptors (Lipinski definition) is 1. The normalized spacial score (nSPS) is 11.8. The van der Waals surface area contributed by atoms with Gasteiger partial charge >= 0.3 is 0 Å². The lowest BCUT2D eigenvalue weighted by Crippen LogP contribution is -2.04. The predicted octanol–water partition coefficient (Wildman–Crippen LogP) is 5.37. The summed E-state index contributed by atoms with van der Waals surface area (Å²) in [5, 5.41) is 9.69. The third-order valence-corrected chi connectivity index (χ3v) is 3.51. The lowest BCUT2D eigenvalue weighted by Gasteiger charge is -2.17. The van der Waals surface area contributed by atoms with Crippen molar-refractivity contribution in [2.45, 2.75) is 12.3 Å². The second kappa shape index (κ2) is 6.57. The van der Waals surface area contributed by atoms with E-state index in [9.17, 15) is 13.9 Å². The van der Waals surface area contributed by atoms with Crippen molar-refractivity contribution in [3.8, 4) is 0 Å². The molecule has 2 rings (SSSR count). The van der Waals surface area contributed by atoms with Crippen LogP contribution in [0.5, 0.6) is 0 Å². The Balaban J connectivity index is 2.49. The van der Waals surface area contributed by atoms with Gasteiger partial charge in [-0.2, -0.15) is 0 Å². The second-order valence-electron chi connectivity index (χ2n) is 4.61. The minimum absolute atomic E-state index is 0.0141. The molecule has 0 aliphatic rings. The molecule has 4 heteroatoms. The minimum Gasteiger partial charge on any atom is -0.505 e. The molecular formula is C17H13ClF2O. The average molecular weight is 307 g/mol. The topological polar surface area (TPSA) is 20.2 Å². The molecule has 0 unspecified atom stereocenters. The van der Waals surface area contributed by atoms with E-state index in [0.29, 0.717) is 11.1 Å². The van der Waals surface area contributed by atoms with Crippen LogP contribution in [-0.4, -0.2) is 5.11 Å². The zero-order valence-electron chi connectivity index (χ0n) is 11.1. The molecule has 0 aromatic heterocycles. The van der Waals surface area contributed by atoms with Crippen molar-refractivity contribution in [2.24, 2.45) is 0 Å². The Bertz CT molecular complexity index is 706. The van der Waals surface area contributed by atoms with Crippen LogP contribution in [0.1, 0.15) is 23.5 Å². The fourth-order valence-corrected chi connectivity index (χ4v) is 2.26. The zero-order chi connectivity index (χ0) is 15.4. The molecular weight excluding hydrogens is 294 g/mol. The Morgan fingerprint density at radius 3 is 2.52 bits per heavy atom. The summed E-state index contributed by atoms with van der Waals surface area (Å²) in [5.41, 5.74) is 3.60. The van der Waals surface area contributed by atoms with Gasteiger partial charge in [0.2, 0.25) is 0 Å². The van der Waals surface area contributed by atoms with Crippen molar-refractivity contribution in [3.05, 3.63) is 88.3 Å². The summed E-state index contributed by atoms with van der Waals surface area (Å²) in [6.45, 7) is 3.37. The van der Waals surface area contributed by atoms with Crippen LogP contribution in [0.3, 0.4) is 0 Å². The van der Waals surface area contributed by atoms with E-state index in [0.717, 1.165) is 0 Å². The highest BCUT2D eigenvalue weighted by atomic mass is 35.5. The maximum Gasteiger partial charge on any atom is 0.142 e. The van der Waals surface area contributed by atoms with Gasteiger partial charge < -0.3 is 5.11 Å². The number of aliphatic hydroxyl groups excluding tert-OH is 1. The molecule has 0 saturated carbocycles. The summed E-state index contributed by atoms with van der Waals surface area (Å²) in [5.74, 6) is -1.44. The van der Waals surface area contributed by atoms with E-state index in [-0.39, 0.29) is 17.2 Å². The van der Waals surface area contributed by atoms with Gasteiger partial charge in [-0.3, -0.25) is 0 Å². The minimum atomic E-state index is -0.558. The lowest BCUT2D eigenvalue weighted by molar-refractivity contribution is 0.382. The maximum atomic E-state index is 13.7. The van der Waals surface area contributed by atoms with Crippen molar-refractivity contribution >= 4 is 11.6 Å². The SMILES string of the molecule is C=C=C(O)C[C@H](c1cccc(F)c1)c1ccc(Cl)c(F)c1. The Hall–Kier alpha value is -2.09. The first-order valence-corrected chi connectivity index (χ1v) is 6.67. The van der Waals surface area contributed by atoms with Crippen LogP contribution in [-0.2, 0) is 0 Å². The van der Waals surface area contributed by atoms with Crippen molar-refractivity contribution < 1.29 is 13.9 Å². The number of hydrogen-bond donors (Lipinski definition) is 1. The number of aliphatic hydroxyl groups is 1. The number of allylic oxidation sites excluding steroid dienone is 1. The second-order valence-corrected chi connectivity index (χ2v) is 5.02. The quantitative estimate of drug-likeness (QED) is 0.595. The van der Waals surface area contributed by atoms with Gasteiger partial charge in [-0.15, -0.1) is 0 Å². The van der Waals surface area contributed by atoms with Crippen LogP contribution in [0.25, 0.3) is 0 Å². The third kappa shape index (κ3) is 3.72. The summed E-state index contributed by atoms with van der Waals surface area (Å²) >= 11 is 5.68. The molecule has 0 bridgehead atoms. The highest BCUT2D eigenvalue weighted by Gasteiger charge is 2.18. The van der Waals surface area contributed by atoms with Gasteiger partial charge in [-0.05, 0) is 35.4 Å². The molecule has 0 spiro atoms. The molecule has 0 aliphatic carbocycles. The highest BCUT2D eigenvalue weighted by molar-refractivity contribution is 6.30. The van der Waals surface area contributed by atoms with Gasteiger partial charge in [-0.25, -0.2) is 8.78 Å². The largest absolute Gasteiger partial charge is 0.505 e. The van der Waals surface area contributed by atoms with Gasteiger partial charge in [0.1, 0.15) is 17.4 Å². The maximum absolute atomic E-state index is 13.7. The van der Waals surface area contributed by atoms with E-state index in [1.165, 1.54) is 24.3 Å². The molecule has 21 heavy (non-hydrogen) atoms. The Kier molecular flexibility index (Phi) is 4.79. The molecule has 1 N–H and O–H groups in total. The van der Waals surface area contributed by atoms with Crippen molar-refractivity contribution in [1.29, 1.82) is 0 Å². The van der Waals surface area contributed by atoms with Crippen LogP contribution < -0.4 is 0 Å². The van der Waals surface area contributed by atoms with Crippen LogP contribution >= 0.6 is 11.6 Å². The highest BCUT2D eigenvalue weighted by Crippen LogP contribution is 2.32. The van der Waals surface area contributed by atoms with Crippen molar-refractivity contribution in [2.75, 3.05) is 0 Å². The third-order valence-electron chi connectivity index (χ3n) is 3.20. The average Bonchev–Trinajstić information content (AvgIpc) is 2.47. The first-order valence-electron chi connectivity index (χ1n) is 6.29. The molecule has 108 valence electrons. The van der Waals surface area contributed by atoms with E-state index < -0.39 is 17.6 Å². The van der Waals surface area contributed by atoms with Gasteiger partial charge in [0.15, 0.2) is 0 Å². The van der Waals surface area contributed by atoms with E-state index >= 15 is 0 Å². The molecule has 0 heterocycles. The molecule has 0 aliphatic heterocycles. The summed E-state index contributed by atoms with van der Waals surface area (Å²) < 4.78 is 27.1. The summed E-state index contributed by atoms with van der Waals surface area (Å²) in [6.07, 6.45) is 0.147. The van der Waals surface area contributed by atoms with Gasteiger partial charge in [0.05, 0.1) is 5.02 Å². The van der Waals surface area contributed by atoms with E-state index in [4.69, 9.17) is 11.6 Å². The molecule has 1 nitrogen and oxygen atoms in total. The molecule has 0 radical (unpaired) electrons. The fraction of sp³-hybridized carbons (Fsp3) is 0.118. The molecule has 0 amide bonds. The van der Waals surface area contributed by atoms with Crippen LogP contribution in [0.4, 0.5) is 8.78 Å². The Morgan fingerprint density at radius 1 is 1.19 bits per heavy atom. The smallest absolute Gasteiger partial charge is 0.142 e. The van der Waals surface area contributed by atoms with Crippen molar-refractivity contribution in [1.82, 2.24) is 0 Å². The van der Waals surface area contributed by atoms with E-state index in [1.54, 1.807) is 18.2 Å². The van der Waals surface area contributed by atoms with Crippen LogP contribution in [0.15, 0.2) is 60.5 Å². The Labute approximate surface area is 126 Å². The summed E-state index contributed by atoms with van der Waals surface area (Å²) in [6, 6.07) is 10.3. The molecule has 1 atom stereocenters. The molecule has 0 saturated heterocycles. The number of benzene rings is 2. The van der Waals surface area contributed by atoms with Crippen LogP contribution in [0, 0.1) is 11.6 Å². The predicted molar refractivity (Wildman–Crippen MR) is 79.6 cm³/mol. The van der Waals surface area contributed by atoms with Gasteiger partial charge in [0.25, 0.3) is 0 Å².